The quantitative estimate of drug-likeness (QED) is 0.694. The highest BCUT2D eigenvalue weighted by Crippen LogP contribution is 2.25. The summed E-state index contributed by atoms with van der Waals surface area (Å²) >= 11 is 1.53. The van der Waals surface area contributed by atoms with Gasteiger partial charge in [-0.3, -0.25) is 4.79 Å². The number of hydrogen-bond acceptors (Lipinski definition) is 5. The lowest BCUT2D eigenvalue weighted by molar-refractivity contribution is -0.127. The zero-order valence-electron chi connectivity index (χ0n) is 17.3. The largest absolute Gasteiger partial charge is 0.337 e. The van der Waals surface area contributed by atoms with Gasteiger partial charge in [-0.2, -0.15) is 4.31 Å². The summed E-state index contributed by atoms with van der Waals surface area (Å²) in [7, 11) is -3.56. The average molecular weight is 434 g/mol. The summed E-state index contributed by atoms with van der Waals surface area (Å²) in [4.78, 5) is 18.6. The Kier molecular flexibility index (Phi) is 6.26. The molecule has 1 saturated heterocycles. The minimum absolute atomic E-state index is 0.0287. The lowest BCUT2D eigenvalue weighted by Crippen LogP contribution is -2.50. The summed E-state index contributed by atoms with van der Waals surface area (Å²) in [6.45, 7) is 9.53. The van der Waals surface area contributed by atoms with Gasteiger partial charge in [0.25, 0.3) is 0 Å². The normalized spacial score (nSPS) is 16.5. The predicted molar refractivity (Wildman–Crippen MR) is 116 cm³/mol. The molecule has 2 heterocycles. The summed E-state index contributed by atoms with van der Waals surface area (Å²) < 4.78 is 27.3. The van der Waals surface area contributed by atoms with Crippen LogP contribution in [0, 0.1) is 6.92 Å². The first-order valence-electron chi connectivity index (χ1n) is 9.57. The molecule has 6 nitrogen and oxygen atoms in total. The monoisotopic (exact) mass is 433 g/mol. The summed E-state index contributed by atoms with van der Waals surface area (Å²) in [5.41, 5.74) is 1.83. The lowest BCUT2D eigenvalue weighted by atomic mass is 9.87. The molecule has 1 aliphatic rings. The smallest absolute Gasteiger partial charge is 0.246 e. The van der Waals surface area contributed by atoms with Crippen LogP contribution in [0.3, 0.4) is 0 Å². The Balaban J connectivity index is 1.62. The maximum atomic E-state index is 12.9. The van der Waals surface area contributed by atoms with Crippen LogP contribution in [0.2, 0.25) is 0 Å². The number of amides is 1. The van der Waals surface area contributed by atoms with Gasteiger partial charge in [-0.15, -0.1) is 11.3 Å². The molecule has 1 aliphatic heterocycles. The number of benzene rings is 1. The first kappa shape index (κ1) is 21.7. The van der Waals surface area contributed by atoms with Crippen LogP contribution in [0.4, 0.5) is 0 Å². The zero-order valence-corrected chi connectivity index (χ0v) is 18.9. The number of aryl methyl sites for hydroxylation is 1. The zero-order chi connectivity index (χ0) is 21.2. The van der Waals surface area contributed by atoms with E-state index in [1.54, 1.807) is 23.1 Å². The maximum absolute atomic E-state index is 12.9. The van der Waals surface area contributed by atoms with Gasteiger partial charge in [0.2, 0.25) is 15.9 Å². The van der Waals surface area contributed by atoms with Crippen LogP contribution in [0.5, 0.6) is 0 Å². The number of carbonyl (C=O) groups is 1. The fraction of sp³-hybridized carbons (Fsp3) is 0.429. The van der Waals surface area contributed by atoms with Crippen molar-refractivity contribution in [3.05, 3.63) is 52.0 Å². The lowest BCUT2D eigenvalue weighted by Gasteiger charge is -2.33. The highest BCUT2D eigenvalue weighted by atomic mass is 32.2. The van der Waals surface area contributed by atoms with Crippen molar-refractivity contribution in [1.82, 2.24) is 14.2 Å². The molecule has 8 heteroatoms. The van der Waals surface area contributed by atoms with Crippen molar-refractivity contribution >= 4 is 33.3 Å². The van der Waals surface area contributed by atoms with E-state index in [2.05, 4.69) is 25.8 Å². The second-order valence-electron chi connectivity index (χ2n) is 8.13. The first-order chi connectivity index (χ1) is 13.6. The second-order valence-corrected chi connectivity index (χ2v) is 11.1. The van der Waals surface area contributed by atoms with Crippen molar-refractivity contribution in [1.29, 1.82) is 0 Å². The molecule has 0 aliphatic carbocycles. The molecule has 29 heavy (non-hydrogen) atoms. The van der Waals surface area contributed by atoms with Crippen LogP contribution in [-0.2, 0) is 20.2 Å². The van der Waals surface area contributed by atoms with E-state index in [-0.39, 0.29) is 11.3 Å². The Labute approximate surface area is 176 Å². The molecular weight excluding hydrogens is 406 g/mol. The Bertz CT molecular complexity index is 995. The van der Waals surface area contributed by atoms with Crippen molar-refractivity contribution in [2.75, 3.05) is 26.2 Å². The minimum atomic E-state index is -3.56. The Morgan fingerprint density at radius 3 is 2.24 bits per heavy atom. The second kappa shape index (κ2) is 8.38. The van der Waals surface area contributed by atoms with E-state index in [9.17, 15) is 13.2 Å². The molecule has 0 saturated carbocycles. The van der Waals surface area contributed by atoms with Gasteiger partial charge < -0.3 is 4.90 Å². The van der Waals surface area contributed by atoms with Gasteiger partial charge in [0.05, 0.1) is 15.6 Å². The number of sulfonamides is 1. The third kappa shape index (κ3) is 5.12. The van der Waals surface area contributed by atoms with Crippen molar-refractivity contribution in [2.45, 2.75) is 38.0 Å². The van der Waals surface area contributed by atoms with Gasteiger partial charge in [-0.1, -0.05) is 32.9 Å². The van der Waals surface area contributed by atoms with Crippen molar-refractivity contribution in [3.8, 4) is 0 Å². The Hall–Kier alpha value is -2.03. The van der Waals surface area contributed by atoms with Crippen LogP contribution < -0.4 is 0 Å². The number of aromatic nitrogens is 1. The van der Waals surface area contributed by atoms with E-state index in [0.717, 1.165) is 16.3 Å². The molecule has 3 rings (SSSR count). The van der Waals surface area contributed by atoms with Crippen molar-refractivity contribution in [2.24, 2.45) is 0 Å². The number of carbonyl (C=O) groups excluding carboxylic acids is 1. The highest BCUT2D eigenvalue weighted by molar-refractivity contribution is 7.89. The molecule has 2 aromatic rings. The molecule has 1 amide bonds. The fourth-order valence-electron chi connectivity index (χ4n) is 3.14. The van der Waals surface area contributed by atoms with Gasteiger partial charge in [-0.25, -0.2) is 13.4 Å². The molecule has 1 aromatic heterocycles. The molecule has 0 N–H and O–H groups in total. The third-order valence-electron chi connectivity index (χ3n) is 4.94. The number of piperazine rings is 1. The number of rotatable bonds is 4. The van der Waals surface area contributed by atoms with E-state index in [4.69, 9.17) is 0 Å². The van der Waals surface area contributed by atoms with Crippen LogP contribution in [-0.4, -0.2) is 54.7 Å². The molecule has 0 unspecified atom stereocenters. The van der Waals surface area contributed by atoms with E-state index < -0.39 is 10.0 Å². The standard InChI is InChI=1S/C21H27N3O3S2/c1-16-22-18(15-28-16)7-10-20(25)23-11-13-24(14-12-23)29(26,27)19-8-5-17(6-9-19)21(2,3)4/h5-10,15H,11-14H2,1-4H3/b10-7+. The van der Waals surface area contributed by atoms with E-state index >= 15 is 0 Å². The van der Waals surface area contributed by atoms with E-state index in [1.165, 1.54) is 21.7 Å². The molecule has 0 atom stereocenters. The molecule has 0 radical (unpaired) electrons. The number of nitrogens with zero attached hydrogens (tertiary/aromatic N) is 3. The fourth-order valence-corrected chi connectivity index (χ4v) is 5.15. The number of hydrogen-bond donors (Lipinski definition) is 0. The van der Waals surface area contributed by atoms with Gasteiger partial charge in [0.15, 0.2) is 0 Å². The molecule has 1 fully saturated rings. The summed E-state index contributed by atoms with van der Waals surface area (Å²) in [5, 5.41) is 2.85. The third-order valence-corrected chi connectivity index (χ3v) is 7.65. The van der Waals surface area contributed by atoms with Crippen LogP contribution in [0.15, 0.2) is 40.6 Å². The Morgan fingerprint density at radius 1 is 1.10 bits per heavy atom. The predicted octanol–water partition coefficient (Wildman–Crippen LogP) is 3.30. The summed E-state index contributed by atoms with van der Waals surface area (Å²) in [6.07, 6.45) is 3.20. The Morgan fingerprint density at radius 2 is 1.72 bits per heavy atom. The van der Waals surface area contributed by atoms with Crippen LogP contribution in [0.25, 0.3) is 6.08 Å². The van der Waals surface area contributed by atoms with Gasteiger partial charge in [0.1, 0.15) is 0 Å². The summed E-state index contributed by atoms with van der Waals surface area (Å²) in [5.74, 6) is -0.123. The van der Waals surface area contributed by atoms with Crippen LogP contribution in [0.1, 0.15) is 37.0 Å². The molecule has 1 aromatic carbocycles. The van der Waals surface area contributed by atoms with Gasteiger partial charge in [-0.05, 0) is 36.1 Å². The summed E-state index contributed by atoms with van der Waals surface area (Å²) in [6, 6.07) is 7.09. The van der Waals surface area contributed by atoms with Crippen LogP contribution >= 0.6 is 11.3 Å². The molecule has 0 bridgehead atoms. The van der Waals surface area contributed by atoms with E-state index in [1.807, 2.05) is 24.4 Å². The van der Waals surface area contributed by atoms with Crippen molar-refractivity contribution < 1.29 is 13.2 Å². The average Bonchev–Trinajstić information content (AvgIpc) is 3.11. The van der Waals surface area contributed by atoms with Crippen molar-refractivity contribution in [3.63, 3.8) is 0 Å². The molecule has 156 valence electrons. The topological polar surface area (TPSA) is 70.6 Å². The van der Waals surface area contributed by atoms with Gasteiger partial charge in [0, 0.05) is 37.6 Å². The minimum Gasteiger partial charge on any atom is -0.337 e. The maximum Gasteiger partial charge on any atom is 0.246 e. The SMILES string of the molecule is Cc1nc(/C=C/C(=O)N2CCN(S(=O)(=O)c3ccc(C(C)(C)C)cc3)CC2)cs1. The first-order valence-corrected chi connectivity index (χ1v) is 11.9. The highest BCUT2D eigenvalue weighted by Gasteiger charge is 2.29. The van der Waals surface area contributed by atoms with Gasteiger partial charge >= 0.3 is 0 Å². The number of thiazole rings is 1. The van der Waals surface area contributed by atoms with E-state index in [0.29, 0.717) is 31.1 Å². The molecule has 0 spiro atoms. The molecular formula is C21H27N3O3S2.